The quantitative estimate of drug-likeness (QED) is 0.532. The number of ether oxygens (including phenoxy) is 1. The number of hydrogen-bond donors (Lipinski definition) is 3. The van der Waals surface area contributed by atoms with Crippen LogP contribution in [0.5, 0.6) is 0 Å². The zero-order valence-corrected chi connectivity index (χ0v) is 18.3. The van der Waals surface area contributed by atoms with E-state index >= 15 is 0 Å². The largest absolute Gasteiger partial charge is 0.481 e. The molecule has 2 aliphatic carbocycles. The number of nitrogens with one attached hydrogen (secondary N) is 2. The fourth-order valence-corrected chi connectivity index (χ4v) is 4.85. The van der Waals surface area contributed by atoms with Crippen molar-refractivity contribution in [1.82, 2.24) is 10.6 Å². The van der Waals surface area contributed by atoms with Crippen LogP contribution in [-0.2, 0) is 14.3 Å². The zero-order valence-electron chi connectivity index (χ0n) is 18.3. The van der Waals surface area contributed by atoms with E-state index in [1.807, 2.05) is 24.3 Å². The Morgan fingerprint density at radius 3 is 2.33 bits per heavy atom. The molecule has 0 heterocycles. The molecule has 0 spiro atoms. The van der Waals surface area contributed by atoms with Gasteiger partial charge in [0, 0.05) is 31.0 Å². The van der Waals surface area contributed by atoms with Gasteiger partial charge in [0.05, 0.1) is 0 Å². The lowest BCUT2D eigenvalue weighted by molar-refractivity contribution is -0.138. The third kappa shape index (κ3) is 5.61. The van der Waals surface area contributed by atoms with Crippen molar-refractivity contribution < 1.29 is 24.2 Å². The highest BCUT2D eigenvalue weighted by Crippen LogP contribution is 2.44. The Morgan fingerprint density at radius 2 is 1.67 bits per heavy atom. The molecule has 0 radical (unpaired) electrons. The molecule has 0 unspecified atom stereocenters. The summed E-state index contributed by atoms with van der Waals surface area (Å²) >= 11 is 0. The van der Waals surface area contributed by atoms with Crippen LogP contribution >= 0.6 is 0 Å². The van der Waals surface area contributed by atoms with Crippen LogP contribution in [0.2, 0.25) is 0 Å². The number of fused-ring (bicyclic) bond motifs is 3. The second-order valence-corrected chi connectivity index (χ2v) is 8.59. The Balaban J connectivity index is 1.20. The monoisotopic (exact) mass is 448 g/mol. The van der Waals surface area contributed by atoms with Gasteiger partial charge in [-0.05, 0) is 47.4 Å². The number of carboxylic acid groups (broad SMARTS) is 1. The van der Waals surface area contributed by atoms with Gasteiger partial charge in [-0.25, -0.2) is 4.79 Å². The summed E-state index contributed by atoms with van der Waals surface area (Å²) in [5.41, 5.74) is 4.65. The third-order valence-corrected chi connectivity index (χ3v) is 6.33. The van der Waals surface area contributed by atoms with E-state index in [2.05, 4.69) is 34.9 Å². The molecule has 0 aliphatic heterocycles. The highest BCUT2D eigenvalue weighted by molar-refractivity contribution is 5.87. The summed E-state index contributed by atoms with van der Waals surface area (Å²) in [5, 5.41) is 14.4. The van der Waals surface area contributed by atoms with E-state index in [1.54, 1.807) is 6.08 Å². The molecular formula is C26H28N2O5. The maximum absolute atomic E-state index is 12.2. The number of alkyl carbamates (subject to hydrolysis) is 1. The molecule has 2 aromatic rings. The fourth-order valence-electron chi connectivity index (χ4n) is 4.85. The maximum atomic E-state index is 12.2. The first-order valence-corrected chi connectivity index (χ1v) is 11.3. The highest BCUT2D eigenvalue weighted by atomic mass is 16.5. The SMILES string of the molecule is O=C(O)C[C@H]1CC[C@@H](NC(=O)/C=C/CNC(=O)OCC2c3ccccc3-c3ccccc32)C1. The molecule has 2 aromatic carbocycles. The van der Waals surface area contributed by atoms with Crippen LogP contribution in [0.4, 0.5) is 4.79 Å². The average molecular weight is 449 g/mol. The highest BCUT2D eigenvalue weighted by Gasteiger charge is 2.29. The molecule has 4 rings (SSSR count). The minimum Gasteiger partial charge on any atom is -0.481 e. The van der Waals surface area contributed by atoms with Gasteiger partial charge in [0.15, 0.2) is 0 Å². The van der Waals surface area contributed by atoms with Gasteiger partial charge >= 0.3 is 12.1 Å². The van der Waals surface area contributed by atoms with Crippen LogP contribution < -0.4 is 10.6 Å². The molecule has 2 aliphatic rings. The number of hydrogen-bond acceptors (Lipinski definition) is 4. The summed E-state index contributed by atoms with van der Waals surface area (Å²) in [7, 11) is 0. The summed E-state index contributed by atoms with van der Waals surface area (Å²) < 4.78 is 5.47. The van der Waals surface area contributed by atoms with Crippen LogP contribution in [-0.4, -0.2) is 42.3 Å². The lowest BCUT2D eigenvalue weighted by Crippen LogP contribution is -2.32. The molecule has 172 valence electrons. The Kier molecular flexibility index (Phi) is 7.07. The van der Waals surface area contributed by atoms with Crippen molar-refractivity contribution in [2.24, 2.45) is 5.92 Å². The number of amides is 2. The minimum absolute atomic E-state index is 0.000773. The van der Waals surface area contributed by atoms with Gasteiger partial charge < -0.3 is 20.5 Å². The summed E-state index contributed by atoms with van der Waals surface area (Å²) in [5.74, 6) is -0.927. The Bertz CT molecular complexity index is 1020. The summed E-state index contributed by atoms with van der Waals surface area (Å²) in [6.07, 6.45) is 4.85. The third-order valence-electron chi connectivity index (χ3n) is 6.33. The second kappa shape index (κ2) is 10.3. The van der Waals surface area contributed by atoms with Crippen LogP contribution in [0.25, 0.3) is 11.1 Å². The van der Waals surface area contributed by atoms with Gasteiger partial charge in [0.2, 0.25) is 5.91 Å². The van der Waals surface area contributed by atoms with Gasteiger partial charge in [0.25, 0.3) is 0 Å². The van der Waals surface area contributed by atoms with Crippen molar-refractivity contribution in [1.29, 1.82) is 0 Å². The van der Waals surface area contributed by atoms with E-state index in [0.717, 1.165) is 24.0 Å². The predicted octanol–water partition coefficient (Wildman–Crippen LogP) is 3.84. The molecule has 33 heavy (non-hydrogen) atoms. The zero-order chi connectivity index (χ0) is 23.2. The van der Waals surface area contributed by atoms with Crippen molar-refractivity contribution in [3.05, 3.63) is 71.8 Å². The number of carboxylic acids is 1. The molecule has 1 fully saturated rings. The first-order valence-electron chi connectivity index (χ1n) is 11.3. The molecule has 0 bridgehead atoms. The van der Waals surface area contributed by atoms with E-state index in [1.165, 1.54) is 17.2 Å². The van der Waals surface area contributed by atoms with Crippen LogP contribution in [0, 0.1) is 5.92 Å². The summed E-state index contributed by atoms with van der Waals surface area (Å²) in [6, 6.07) is 16.3. The second-order valence-electron chi connectivity index (χ2n) is 8.59. The van der Waals surface area contributed by atoms with Crippen LogP contribution in [0.1, 0.15) is 42.7 Å². The van der Waals surface area contributed by atoms with Crippen LogP contribution in [0.3, 0.4) is 0 Å². The van der Waals surface area contributed by atoms with E-state index in [0.29, 0.717) is 6.42 Å². The molecule has 2 amide bonds. The maximum Gasteiger partial charge on any atom is 0.407 e. The summed E-state index contributed by atoms with van der Waals surface area (Å²) in [6.45, 7) is 0.416. The molecular weight excluding hydrogens is 420 g/mol. The van der Waals surface area contributed by atoms with Gasteiger partial charge in [-0.15, -0.1) is 0 Å². The van der Waals surface area contributed by atoms with Crippen molar-refractivity contribution in [3.8, 4) is 11.1 Å². The fraction of sp³-hybridized carbons (Fsp3) is 0.346. The first kappa shape index (κ1) is 22.6. The number of benzene rings is 2. The first-order chi connectivity index (χ1) is 16.0. The lowest BCUT2D eigenvalue weighted by Gasteiger charge is -2.14. The van der Waals surface area contributed by atoms with Crippen molar-refractivity contribution in [2.45, 2.75) is 37.6 Å². The predicted molar refractivity (Wildman–Crippen MR) is 124 cm³/mol. The number of aliphatic carboxylic acids is 1. The molecule has 7 heteroatoms. The average Bonchev–Trinajstić information content (AvgIpc) is 3.36. The molecule has 0 saturated heterocycles. The molecule has 1 saturated carbocycles. The molecule has 0 aromatic heterocycles. The Labute approximate surface area is 192 Å². The standard InChI is InChI=1S/C26H28N2O5/c29-24(28-18-12-11-17(14-18)15-25(30)31)10-5-13-27-26(32)33-16-23-21-8-3-1-6-19(21)20-7-2-4-9-22(20)23/h1-10,17-18,23H,11-16H2,(H,27,32)(H,28,29)(H,30,31)/b10-5+/t17-,18+/m0/s1. The normalized spacial score (nSPS) is 19.2. The number of rotatable bonds is 8. The molecule has 7 nitrogen and oxygen atoms in total. The van der Waals surface area contributed by atoms with Gasteiger partial charge in [-0.3, -0.25) is 9.59 Å². The Morgan fingerprint density at radius 1 is 1.00 bits per heavy atom. The van der Waals surface area contributed by atoms with Crippen molar-refractivity contribution >= 4 is 18.0 Å². The molecule has 3 N–H and O–H groups in total. The lowest BCUT2D eigenvalue weighted by atomic mass is 9.98. The van der Waals surface area contributed by atoms with Gasteiger partial charge in [0.1, 0.15) is 6.61 Å². The topological polar surface area (TPSA) is 105 Å². The molecule has 2 atom stereocenters. The van der Waals surface area contributed by atoms with Crippen LogP contribution in [0.15, 0.2) is 60.7 Å². The van der Waals surface area contributed by atoms with Gasteiger partial charge in [-0.1, -0.05) is 54.6 Å². The van der Waals surface area contributed by atoms with Crippen molar-refractivity contribution in [3.63, 3.8) is 0 Å². The van der Waals surface area contributed by atoms with E-state index in [-0.39, 0.29) is 43.4 Å². The number of carbonyl (C=O) groups is 3. The van der Waals surface area contributed by atoms with E-state index in [9.17, 15) is 14.4 Å². The van der Waals surface area contributed by atoms with Gasteiger partial charge in [-0.2, -0.15) is 0 Å². The summed E-state index contributed by atoms with van der Waals surface area (Å²) in [4.78, 5) is 35.0. The van der Waals surface area contributed by atoms with E-state index < -0.39 is 12.1 Å². The Hall–Kier alpha value is -3.61. The smallest absolute Gasteiger partial charge is 0.407 e. The minimum atomic E-state index is -0.800. The number of carbonyl (C=O) groups excluding carboxylic acids is 2. The van der Waals surface area contributed by atoms with Crippen molar-refractivity contribution in [2.75, 3.05) is 13.2 Å². The van der Waals surface area contributed by atoms with E-state index in [4.69, 9.17) is 9.84 Å².